The Labute approximate surface area is 194 Å². The van der Waals surface area contributed by atoms with E-state index in [1.54, 1.807) is 12.3 Å². The van der Waals surface area contributed by atoms with Crippen molar-refractivity contribution in [3.8, 4) is 0 Å². The molecule has 0 atom stereocenters. The third-order valence-electron chi connectivity index (χ3n) is 6.09. The lowest BCUT2D eigenvalue weighted by Gasteiger charge is -2.26. The highest BCUT2D eigenvalue weighted by atomic mass is 16.2. The van der Waals surface area contributed by atoms with E-state index in [9.17, 15) is 4.79 Å². The van der Waals surface area contributed by atoms with Crippen LogP contribution in [-0.4, -0.2) is 38.8 Å². The van der Waals surface area contributed by atoms with Crippen molar-refractivity contribution in [2.45, 2.75) is 57.4 Å². The number of nitrogens with two attached hydrogens (primary N) is 1. The van der Waals surface area contributed by atoms with E-state index in [-0.39, 0.29) is 11.9 Å². The van der Waals surface area contributed by atoms with Crippen molar-refractivity contribution >= 4 is 23.2 Å². The summed E-state index contributed by atoms with van der Waals surface area (Å²) in [5, 5.41) is 20.8. The highest BCUT2D eigenvalue weighted by Gasteiger charge is 2.24. The van der Waals surface area contributed by atoms with Crippen LogP contribution in [0.4, 0.5) is 11.6 Å². The largest absolute Gasteiger partial charge is 0.400 e. The molecule has 0 unspecified atom stereocenters. The summed E-state index contributed by atoms with van der Waals surface area (Å²) >= 11 is 0. The van der Waals surface area contributed by atoms with Crippen LogP contribution in [0.25, 0.3) is 5.65 Å². The van der Waals surface area contributed by atoms with E-state index >= 15 is 0 Å². The number of aliphatic hydroxyl groups excluding tert-OH is 1. The molecule has 2 fully saturated rings. The number of fused-ring (bicyclic) bond motifs is 1. The number of allylic oxidation sites excluding steroid dienone is 3. The van der Waals surface area contributed by atoms with Gasteiger partial charge in [0.15, 0.2) is 5.65 Å². The molecule has 2 aromatic heterocycles. The molecule has 178 valence electrons. The second-order valence-corrected chi connectivity index (χ2v) is 8.27. The molecular formula is C24H35N7O2. The number of hydrogen-bond donors (Lipinski definition) is 5. The lowest BCUT2D eigenvalue weighted by Crippen LogP contribution is -2.39. The van der Waals surface area contributed by atoms with E-state index in [1.165, 1.54) is 30.0 Å². The summed E-state index contributed by atoms with van der Waals surface area (Å²) in [4.78, 5) is 17.4. The van der Waals surface area contributed by atoms with Gasteiger partial charge in [0, 0.05) is 31.1 Å². The zero-order chi connectivity index (χ0) is 23.6. The summed E-state index contributed by atoms with van der Waals surface area (Å²) < 4.78 is 1.51. The SMILES string of the molecule is C=CN/C=C\C=C(\Nc1cc(N)n2ncc(C(=O)NC3CCC3)c2n1)C1CCCCC1.CO. The zero-order valence-electron chi connectivity index (χ0n) is 19.3. The smallest absolute Gasteiger partial charge is 0.256 e. The van der Waals surface area contributed by atoms with Gasteiger partial charge in [-0.15, -0.1) is 0 Å². The highest BCUT2D eigenvalue weighted by Crippen LogP contribution is 2.31. The standard InChI is InChI=1S/C23H31N7O.CH4O/c1-2-25-13-7-12-19(16-8-4-3-5-9-16)28-21-14-20(24)30-22(29-21)18(15-26-30)23(31)27-17-10-6-11-17;1-2/h2,7,12-17,25H,1,3-6,8-11,24H2,(H,27,31)(H,28,29);2H,1H3/b13-7-,19-12+;. The molecule has 2 aromatic rings. The molecule has 2 aliphatic carbocycles. The summed E-state index contributed by atoms with van der Waals surface area (Å²) in [6, 6.07) is 2.01. The first kappa shape index (κ1) is 24.3. The summed E-state index contributed by atoms with van der Waals surface area (Å²) in [5.74, 6) is 1.34. The van der Waals surface area contributed by atoms with E-state index in [0.717, 1.165) is 44.9 Å². The van der Waals surface area contributed by atoms with Crippen molar-refractivity contribution in [1.82, 2.24) is 25.2 Å². The third-order valence-corrected chi connectivity index (χ3v) is 6.09. The fraction of sp³-hybridized carbons (Fsp3) is 0.458. The molecule has 9 heteroatoms. The Bertz CT molecular complexity index is 1000. The fourth-order valence-electron chi connectivity index (χ4n) is 4.14. The molecule has 1 amide bonds. The van der Waals surface area contributed by atoms with E-state index in [2.05, 4.69) is 33.7 Å². The van der Waals surface area contributed by atoms with Crippen molar-refractivity contribution in [2.75, 3.05) is 18.2 Å². The maximum Gasteiger partial charge on any atom is 0.256 e. The molecule has 0 spiro atoms. The monoisotopic (exact) mass is 453 g/mol. The van der Waals surface area contributed by atoms with Crippen LogP contribution in [-0.2, 0) is 0 Å². The van der Waals surface area contributed by atoms with Gasteiger partial charge in [-0.2, -0.15) is 9.61 Å². The number of nitrogens with one attached hydrogen (secondary N) is 3. The normalized spacial score (nSPS) is 17.2. The quantitative estimate of drug-likeness (QED) is 0.388. The Kier molecular flexibility index (Phi) is 8.88. The number of anilines is 2. The number of carbonyl (C=O) groups excluding carboxylic acids is 1. The first-order valence-corrected chi connectivity index (χ1v) is 11.6. The zero-order valence-corrected chi connectivity index (χ0v) is 19.3. The Morgan fingerprint density at radius 1 is 1.21 bits per heavy atom. The van der Waals surface area contributed by atoms with Gasteiger partial charge < -0.3 is 26.8 Å². The lowest BCUT2D eigenvalue weighted by atomic mass is 9.86. The average molecular weight is 454 g/mol. The second kappa shape index (κ2) is 12.1. The third kappa shape index (κ3) is 6.13. The average Bonchev–Trinajstić information content (AvgIpc) is 3.25. The number of aromatic nitrogens is 3. The van der Waals surface area contributed by atoms with Gasteiger partial charge in [-0.25, -0.2) is 4.98 Å². The second-order valence-electron chi connectivity index (χ2n) is 8.27. The number of nitrogens with zero attached hydrogens (tertiary/aromatic N) is 3. The first-order chi connectivity index (χ1) is 16.2. The number of aliphatic hydroxyl groups is 1. The lowest BCUT2D eigenvalue weighted by molar-refractivity contribution is 0.0918. The van der Waals surface area contributed by atoms with Crippen LogP contribution in [0, 0.1) is 5.92 Å². The maximum absolute atomic E-state index is 12.7. The molecule has 9 nitrogen and oxygen atoms in total. The summed E-state index contributed by atoms with van der Waals surface area (Å²) in [5.41, 5.74) is 8.24. The minimum atomic E-state index is -0.148. The van der Waals surface area contributed by atoms with Gasteiger partial charge in [-0.3, -0.25) is 4.79 Å². The molecule has 2 aliphatic rings. The predicted molar refractivity (Wildman–Crippen MR) is 131 cm³/mol. The fourth-order valence-corrected chi connectivity index (χ4v) is 4.14. The van der Waals surface area contributed by atoms with Crippen LogP contribution < -0.4 is 21.7 Å². The summed E-state index contributed by atoms with van der Waals surface area (Å²) in [6.45, 7) is 3.65. The van der Waals surface area contributed by atoms with Gasteiger partial charge in [0.05, 0.1) is 6.20 Å². The molecule has 0 bridgehead atoms. The van der Waals surface area contributed by atoms with Crippen molar-refractivity contribution in [3.63, 3.8) is 0 Å². The van der Waals surface area contributed by atoms with E-state index < -0.39 is 0 Å². The number of hydrogen-bond acceptors (Lipinski definition) is 7. The minimum Gasteiger partial charge on any atom is -0.400 e. The van der Waals surface area contributed by atoms with Crippen LogP contribution in [0.3, 0.4) is 0 Å². The molecule has 0 aromatic carbocycles. The van der Waals surface area contributed by atoms with Gasteiger partial charge in [-0.1, -0.05) is 25.8 Å². The van der Waals surface area contributed by atoms with Crippen molar-refractivity contribution in [1.29, 1.82) is 0 Å². The molecule has 0 saturated heterocycles. The van der Waals surface area contributed by atoms with Gasteiger partial charge >= 0.3 is 0 Å². The van der Waals surface area contributed by atoms with Crippen LogP contribution in [0.1, 0.15) is 61.7 Å². The number of amides is 1. The van der Waals surface area contributed by atoms with Crippen molar-refractivity contribution in [3.05, 3.63) is 54.7 Å². The van der Waals surface area contributed by atoms with Gasteiger partial charge in [0.1, 0.15) is 17.2 Å². The molecule has 33 heavy (non-hydrogen) atoms. The molecule has 6 N–H and O–H groups in total. The van der Waals surface area contributed by atoms with Crippen molar-refractivity contribution < 1.29 is 9.90 Å². The molecule has 0 aliphatic heterocycles. The molecule has 0 radical (unpaired) electrons. The molecule has 2 saturated carbocycles. The van der Waals surface area contributed by atoms with E-state index in [4.69, 9.17) is 15.8 Å². The van der Waals surface area contributed by atoms with E-state index in [1.807, 2.05) is 12.3 Å². The topological polar surface area (TPSA) is 130 Å². The van der Waals surface area contributed by atoms with Gasteiger partial charge in [0.25, 0.3) is 5.91 Å². The van der Waals surface area contributed by atoms with Gasteiger partial charge in [0.2, 0.25) is 0 Å². The molecular weight excluding hydrogens is 418 g/mol. The Balaban J connectivity index is 0.00000149. The minimum absolute atomic E-state index is 0.148. The Morgan fingerprint density at radius 2 is 1.97 bits per heavy atom. The van der Waals surface area contributed by atoms with Crippen LogP contribution >= 0.6 is 0 Å². The number of carbonyl (C=O) groups is 1. The summed E-state index contributed by atoms with van der Waals surface area (Å²) in [6.07, 6.45) is 18.2. The Morgan fingerprint density at radius 3 is 2.64 bits per heavy atom. The van der Waals surface area contributed by atoms with Crippen molar-refractivity contribution in [2.24, 2.45) is 5.92 Å². The number of rotatable bonds is 8. The first-order valence-electron chi connectivity index (χ1n) is 11.6. The summed E-state index contributed by atoms with van der Waals surface area (Å²) in [7, 11) is 1.00. The van der Waals surface area contributed by atoms with Gasteiger partial charge in [-0.05, 0) is 56.4 Å². The van der Waals surface area contributed by atoms with Crippen LogP contribution in [0.5, 0.6) is 0 Å². The van der Waals surface area contributed by atoms with Crippen LogP contribution in [0.2, 0.25) is 0 Å². The Hall–Kier alpha value is -3.33. The maximum atomic E-state index is 12.7. The highest BCUT2D eigenvalue weighted by molar-refractivity contribution is 6.00. The number of nitrogen functional groups attached to an aromatic ring is 1. The molecule has 2 heterocycles. The predicted octanol–water partition coefficient (Wildman–Crippen LogP) is 3.33. The van der Waals surface area contributed by atoms with Crippen LogP contribution in [0.15, 0.2) is 49.1 Å². The molecule has 4 rings (SSSR count). The van der Waals surface area contributed by atoms with E-state index in [0.29, 0.717) is 28.8 Å².